The third kappa shape index (κ3) is 4.12. The average Bonchev–Trinajstić information content (AvgIpc) is 2.63. The Kier molecular flexibility index (Phi) is 4.95. The average molecular weight is 355 g/mol. The van der Waals surface area contributed by atoms with Crippen molar-refractivity contribution in [3.63, 3.8) is 0 Å². The van der Waals surface area contributed by atoms with E-state index >= 15 is 0 Å². The maximum absolute atomic E-state index is 12.5. The molecule has 0 saturated carbocycles. The van der Waals surface area contributed by atoms with Gasteiger partial charge in [0.2, 0.25) is 0 Å². The molecule has 6 heteroatoms. The van der Waals surface area contributed by atoms with Crippen molar-refractivity contribution < 1.29 is 8.42 Å². The minimum Gasteiger partial charge on any atom is -0.372 e. The van der Waals surface area contributed by atoms with Crippen molar-refractivity contribution in [3.05, 3.63) is 54.1 Å². The summed E-state index contributed by atoms with van der Waals surface area (Å²) in [7, 11) is -3.71. The van der Waals surface area contributed by atoms with Crippen LogP contribution in [-0.2, 0) is 10.0 Å². The largest absolute Gasteiger partial charge is 0.372 e. The van der Waals surface area contributed by atoms with Crippen molar-refractivity contribution in [1.82, 2.24) is 0 Å². The fourth-order valence-corrected chi connectivity index (χ4v) is 4.06. The second-order valence-electron chi connectivity index (χ2n) is 6.46. The van der Waals surface area contributed by atoms with Crippen LogP contribution in [0.1, 0.15) is 25.3 Å². The molecule has 5 nitrogen and oxygen atoms in total. The monoisotopic (exact) mass is 355 g/mol. The maximum Gasteiger partial charge on any atom is 0.261 e. The van der Waals surface area contributed by atoms with Gasteiger partial charge in [-0.2, -0.15) is 5.26 Å². The Bertz CT molecular complexity index is 878. The summed E-state index contributed by atoms with van der Waals surface area (Å²) in [6.45, 7) is 4.34. The summed E-state index contributed by atoms with van der Waals surface area (Å²) in [6.07, 6.45) is 2.37. The molecule has 1 N–H and O–H groups in total. The molecule has 3 rings (SSSR count). The first kappa shape index (κ1) is 17.3. The van der Waals surface area contributed by atoms with Crippen molar-refractivity contribution in [2.24, 2.45) is 5.92 Å². The van der Waals surface area contributed by atoms with E-state index in [0.29, 0.717) is 11.3 Å². The zero-order valence-corrected chi connectivity index (χ0v) is 15.0. The molecular formula is C19H21N3O2S. The Morgan fingerprint density at radius 1 is 1.12 bits per heavy atom. The van der Waals surface area contributed by atoms with Crippen molar-refractivity contribution in [2.45, 2.75) is 24.7 Å². The molecule has 1 saturated heterocycles. The number of hydrogen-bond acceptors (Lipinski definition) is 4. The Balaban J connectivity index is 1.73. The van der Waals surface area contributed by atoms with Crippen LogP contribution < -0.4 is 9.62 Å². The van der Waals surface area contributed by atoms with Crippen molar-refractivity contribution >= 4 is 21.4 Å². The van der Waals surface area contributed by atoms with E-state index in [9.17, 15) is 8.42 Å². The smallest absolute Gasteiger partial charge is 0.261 e. The van der Waals surface area contributed by atoms with E-state index in [4.69, 9.17) is 5.26 Å². The zero-order valence-electron chi connectivity index (χ0n) is 14.1. The molecule has 130 valence electrons. The lowest BCUT2D eigenvalue weighted by atomic mass is 9.99. The first-order chi connectivity index (χ1) is 12.0. The molecule has 1 aliphatic heterocycles. The first-order valence-electron chi connectivity index (χ1n) is 8.36. The fraction of sp³-hybridized carbons (Fsp3) is 0.316. The molecule has 0 aliphatic carbocycles. The van der Waals surface area contributed by atoms with Gasteiger partial charge >= 0.3 is 0 Å². The van der Waals surface area contributed by atoms with Gasteiger partial charge in [0.15, 0.2) is 0 Å². The number of anilines is 2. The molecule has 0 amide bonds. The topological polar surface area (TPSA) is 73.2 Å². The third-order valence-electron chi connectivity index (χ3n) is 4.54. The minimum absolute atomic E-state index is 0.0839. The van der Waals surface area contributed by atoms with Gasteiger partial charge in [-0.1, -0.05) is 13.0 Å². The molecule has 0 unspecified atom stereocenters. The summed E-state index contributed by atoms with van der Waals surface area (Å²) in [5.74, 6) is 0.770. The van der Waals surface area contributed by atoms with E-state index in [0.717, 1.165) is 24.7 Å². The normalized spacial score (nSPS) is 15.6. The molecule has 1 fully saturated rings. The number of sulfonamides is 1. The SMILES string of the molecule is CC1CCN(c2ccc(NS(=O)(=O)c3cccc(C#N)c3)cc2)CC1. The van der Waals surface area contributed by atoms with Crippen LogP contribution >= 0.6 is 0 Å². The van der Waals surface area contributed by atoms with Crippen LogP contribution in [0.4, 0.5) is 11.4 Å². The molecule has 2 aromatic carbocycles. The number of nitrogens with zero attached hydrogens (tertiary/aromatic N) is 2. The predicted molar refractivity (Wildman–Crippen MR) is 99.0 cm³/mol. The van der Waals surface area contributed by atoms with Crippen LogP contribution in [0.15, 0.2) is 53.4 Å². The van der Waals surface area contributed by atoms with E-state index in [2.05, 4.69) is 16.5 Å². The van der Waals surface area contributed by atoms with Crippen molar-refractivity contribution in [1.29, 1.82) is 5.26 Å². The quantitative estimate of drug-likeness (QED) is 0.909. The standard InChI is InChI=1S/C19H21N3O2S/c1-15-9-11-22(12-10-15)18-7-5-17(6-8-18)21-25(23,24)19-4-2-3-16(13-19)14-20/h2-8,13,15,21H,9-12H2,1H3. The maximum atomic E-state index is 12.5. The zero-order chi connectivity index (χ0) is 17.9. The summed E-state index contributed by atoms with van der Waals surface area (Å²) in [5, 5.41) is 8.92. The molecule has 1 heterocycles. The molecule has 0 bridgehead atoms. The van der Waals surface area contributed by atoms with Gasteiger partial charge in [0.1, 0.15) is 0 Å². The lowest BCUT2D eigenvalue weighted by Crippen LogP contribution is -2.32. The molecule has 0 spiro atoms. The Hall–Kier alpha value is -2.52. The van der Waals surface area contributed by atoms with Gasteiger partial charge in [0.25, 0.3) is 10.0 Å². The molecule has 2 aromatic rings. The van der Waals surface area contributed by atoms with Crippen LogP contribution in [0.2, 0.25) is 0 Å². The van der Waals surface area contributed by atoms with E-state index in [1.54, 1.807) is 24.3 Å². The van der Waals surface area contributed by atoms with Gasteiger partial charge in [0.05, 0.1) is 16.5 Å². The Morgan fingerprint density at radius 3 is 2.44 bits per heavy atom. The summed E-state index contributed by atoms with van der Waals surface area (Å²) >= 11 is 0. The van der Waals surface area contributed by atoms with Gasteiger partial charge < -0.3 is 4.90 Å². The number of rotatable bonds is 4. The van der Waals surface area contributed by atoms with E-state index in [1.165, 1.54) is 25.0 Å². The molecule has 0 aromatic heterocycles. The minimum atomic E-state index is -3.71. The predicted octanol–water partition coefficient (Wildman–Crippen LogP) is 3.60. The molecule has 0 atom stereocenters. The van der Waals surface area contributed by atoms with Crippen LogP contribution in [0, 0.1) is 17.2 Å². The highest BCUT2D eigenvalue weighted by Crippen LogP contribution is 2.25. The lowest BCUT2D eigenvalue weighted by Gasteiger charge is -2.32. The van der Waals surface area contributed by atoms with Crippen LogP contribution in [0.5, 0.6) is 0 Å². The number of nitriles is 1. The highest BCUT2D eigenvalue weighted by atomic mass is 32.2. The van der Waals surface area contributed by atoms with Crippen LogP contribution in [-0.4, -0.2) is 21.5 Å². The number of hydrogen-bond donors (Lipinski definition) is 1. The summed E-state index contributed by atoms with van der Waals surface area (Å²) in [5.41, 5.74) is 1.94. The number of piperidine rings is 1. The number of benzene rings is 2. The highest BCUT2D eigenvalue weighted by molar-refractivity contribution is 7.92. The van der Waals surface area contributed by atoms with Gasteiger partial charge in [-0.3, -0.25) is 4.72 Å². The van der Waals surface area contributed by atoms with Gasteiger partial charge in [-0.05, 0) is 61.2 Å². The van der Waals surface area contributed by atoms with E-state index in [1.807, 2.05) is 18.2 Å². The fourth-order valence-electron chi connectivity index (χ4n) is 2.95. The van der Waals surface area contributed by atoms with Gasteiger partial charge in [-0.15, -0.1) is 0 Å². The van der Waals surface area contributed by atoms with Crippen molar-refractivity contribution in [3.8, 4) is 6.07 Å². The van der Waals surface area contributed by atoms with Gasteiger partial charge in [-0.25, -0.2) is 8.42 Å². The second-order valence-corrected chi connectivity index (χ2v) is 8.14. The van der Waals surface area contributed by atoms with Crippen molar-refractivity contribution in [2.75, 3.05) is 22.7 Å². The van der Waals surface area contributed by atoms with E-state index in [-0.39, 0.29) is 4.90 Å². The Labute approximate surface area is 149 Å². The first-order valence-corrected chi connectivity index (χ1v) is 9.84. The highest BCUT2D eigenvalue weighted by Gasteiger charge is 2.17. The molecule has 0 radical (unpaired) electrons. The summed E-state index contributed by atoms with van der Waals surface area (Å²) in [6, 6.07) is 15.4. The molecule has 1 aliphatic rings. The second kappa shape index (κ2) is 7.16. The summed E-state index contributed by atoms with van der Waals surface area (Å²) < 4.78 is 27.5. The van der Waals surface area contributed by atoms with E-state index < -0.39 is 10.0 Å². The Morgan fingerprint density at radius 2 is 1.80 bits per heavy atom. The molecular weight excluding hydrogens is 334 g/mol. The van der Waals surface area contributed by atoms with Crippen LogP contribution in [0.3, 0.4) is 0 Å². The third-order valence-corrected chi connectivity index (χ3v) is 5.92. The lowest BCUT2D eigenvalue weighted by molar-refractivity contribution is 0.438. The summed E-state index contributed by atoms with van der Waals surface area (Å²) in [4.78, 5) is 2.41. The molecule has 25 heavy (non-hydrogen) atoms. The van der Waals surface area contributed by atoms with Gasteiger partial charge in [0, 0.05) is 24.5 Å². The van der Waals surface area contributed by atoms with Crippen LogP contribution in [0.25, 0.3) is 0 Å². The number of nitrogens with one attached hydrogen (secondary N) is 1.